The number of halogens is 1. The first-order valence-corrected chi connectivity index (χ1v) is 7.37. The van der Waals surface area contributed by atoms with E-state index < -0.39 is 5.97 Å². The molecule has 2 aromatic carbocycles. The van der Waals surface area contributed by atoms with Gasteiger partial charge in [0.2, 0.25) is 0 Å². The van der Waals surface area contributed by atoms with Crippen molar-refractivity contribution in [3.63, 3.8) is 0 Å². The normalized spacial score (nSPS) is 10.1. The Labute approximate surface area is 134 Å². The Kier molecular flexibility index (Phi) is 6.10. The Balaban J connectivity index is 1.83. The van der Waals surface area contributed by atoms with Crippen LogP contribution in [0.2, 0.25) is 5.02 Å². The van der Waals surface area contributed by atoms with Gasteiger partial charge in [0.15, 0.2) is 6.61 Å². The van der Waals surface area contributed by atoms with E-state index in [-0.39, 0.29) is 6.61 Å². The van der Waals surface area contributed by atoms with E-state index in [0.717, 1.165) is 12.2 Å². The Morgan fingerprint density at radius 1 is 1.00 bits per heavy atom. The monoisotopic (exact) mass is 320 g/mol. The number of esters is 1. The zero-order chi connectivity index (χ0) is 15.8. The molecule has 0 N–H and O–H groups in total. The number of ether oxygens (including phenoxy) is 3. The van der Waals surface area contributed by atoms with E-state index in [9.17, 15) is 4.79 Å². The summed E-state index contributed by atoms with van der Waals surface area (Å²) in [4.78, 5) is 11.7. The number of hydrogen-bond donors (Lipinski definition) is 0. The summed E-state index contributed by atoms with van der Waals surface area (Å²) >= 11 is 5.94. The van der Waals surface area contributed by atoms with E-state index in [0.29, 0.717) is 23.1 Å². The van der Waals surface area contributed by atoms with Gasteiger partial charge in [0.1, 0.15) is 17.2 Å². The number of hydrogen-bond acceptors (Lipinski definition) is 4. The second-order valence-electron chi connectivity index (χ2n) is 4.51. The van der Waals surface area contributed by atoms with Crippen LogP contribution >= 0.6 is 11.6 Å². The van der Waals surface area contributed by atoms with Gasteiger partial charge in [0, 0.05) is 0 Å². The number of carbonyl (C=O) groups is 1. The van der Waals surface area contributed by atoms with Crippen molar-refractivity contribution in [1.82, 2.24) is 0 Å². The highest BCUT2D eigenvalue weighted by atomic mass is 35.5. The summed E-state index contributed by atoms with van der Waals surface area (Å²) in [7, 11) is 0. The number of para-hydroxylation sites is 1. The minimum atomic E-state index is -0.498. The van der Waals surface area contributed by atoms with Crippen molar-refractivity contribution < 1.29 is 19.0 Å². The molecule has 0 radical (unpaired) electrons. The molecule has 4 nitrogen and oxygen atoms in total. The highest BCUT2D eigenvalue weighted by Gasteiger charge is 2.08. The molecule has 0 atom stereocenters. The fourth-order valence-electron chi connectivity index (χ4n) is 1.68. The quantitative estimate of drug-likeness (QED) is 0.569. The van der Waals surface area contributed by atoms with Gasteiger partial charge in [0.25, 0.3) is 0 Å². The van der Waals surface area contributed by atoms with Crippen LogP contribution in [0.15, 0.2) is 48.5 Å². The van der Waals surface area contributed by atoms with Crippen LogP contribution in [0.4, 0.5) is 0 Å². The fraction of sp³-hybridized carbons (Fsp3) is 0.235. The Morgan fingerprint density at radius 2 is 1.68 bits per heavy atom. The molecular weight excluding hydrogens is 304 g/mol. The molecule has 116 valence electrons. The minimum absolute atomic E-state index is 0.210. The lowest BCUT2D eigenvalue weighted by molar-refractivity contribution is -0.136. The summed E-state index contributed by atoms with van der Waals surface area (Å²) in [6, 6.07) is 13.8. The molecule has 0 saturated heterocycles. The number of benzene rings is 2. The van der Waals surface area contributed by atoms with Gasteiger partial charge in [-0.3, -0.25) is 0 Å². The zero-order valence-electron chi connectivity index (χ0n) is 12.3. The van der Waals surface area contributed by atoms with Crippen LogP contribution in [-0.4, -0.2) is 19.2 Å². The maximum Gasteiger partial charge on any atom is 0.349 e. The predicted molar refractivity (Wildman–Crippen MR) is 84.8 cm³/mol. The Bertz CT molecular complexity index is 610. The van der Waals surface area contributed by atoms with Crippen molar-refractivity contribution in [1.29, 1.82) is 0 Å². The van der Waals surface area contributed by atoms with Crippen molar-refractivity contribution in [2.75, 3.05) is 13.2 Å². The van der Waals surface area contributed by atoms with Gasteiger partial charge >= 0.3 is 5.97 Å². The van der Waals surface area contributed by atoms with Crippen LogP contribution in [-0.2, 0) is 4.79 Å². The summed E-state index contributed by atoms with van der Waals surface area (Å²) in [6.07, 6.45) is 0.941. The average Bonchev–Trinajstić information content (AvgIpc) is 2.53. The van der Waals surface area contributed by atoms with Crippen LogP contribution in [0, 0.1) is 0 Å². The summed E-state index contributed by atoms with van der Waals surface area (Å²) < 4.78 is 15.9. The SMILES string of the molecule is CCCOc1ccc(OC(=O)COc2ccccc2Cl)cc1. The third-order valence-corrected chi connectivity index (χ3v) is 3.02. The summed E-state index contributed by atoms with van der Waals surface area (Å²) in [6.45, 7) is 2.48. The topological polar surface area (TPSA) is 44.8 Å². The van der Waals surface area contributed by atoms with Gasteiger partial charge in [-0.1, -0.05) is 30.7 Å². The molecular formula is C17H17ClO4. The van der Waals surface area contributed by atoms with Crippen LogP contribution in [0.3, 0.4) is 0 Å². The largest absolute Gasteiger partial charge is 0.494 e. The first-order valence-electron chi connectivity index (χ1n) is 7.00. The van der Waals surface area contributed by atoms with Gasteiger partial charge in [-0.2, -0.15) is 0 Å². The Hall–Kier alpha value is -2.20. The lowest BCUT2D eigenvalue weighted by Crippen LogP contribution is -2.17. The number of carbonyl (C=O) groups excluding carboxylic acids is 1. The van der Waals surface area contributed by atoms with E-state index in [4.69, 9.17) is 25.8 Å². The highest BCUT2D eigenvalue weighted by Crippen LogP contribution is 2.23. The molecule has 0 heterocycles. The molecule has 0 bridgehead atoms. The third-order valence-electron chi connectivity index (χ3n) is 2.71. The van der Waals surface area contributed by atoms with Crippen LogP contribution in [0.5, 0.6) is 17.2 Å². The smallest absolute Gasteiger partial charge is 0.349 e. The van der Waals surface area contributed by atoms with Crippen molar-refractivity contribution in [3.8, 4) is 17.2 Å². The maximum atomic E-state index is 11.7. The summed E-state index contributed by atoms with van der Waals surface area (Å²) in [5, 5.41) is 0.452. The van der Waals surface area contributed by atoms with Gasteiger partial charge in [-0.25, -0.2) is 4.79 Å². The summed E-state index contributed by atoms with van der Waals surface area (Å²) in [5.74, 6) is 1.14. The lowest BCUT2D eigenvalue weighted by Gasteiger charge is -2.09. The first-order chi connectivity index (χ1) is 10.7. The Morgan fingerprint density at radius 3 is 2.36 bits per heavy atom. The van der Waals surface area contributed by atoms with Gasteiger partial charge in [-0.15, -0.1) is 0 Å². The van der Waals surface area contributed by atoms with Gasteiger partial charge in [-0.05, 0) is 42.8 Å². The van der Waals surface area contributed by atoms with Crippen LogP contribution in [0.1, 0.15) is 13.3 Å². The minimum Gasteiger partial charge on any atom is -0.494 e. The molecule has 22 heavy (non-hydrogen) atoms. The number of rotatable bonds is 7. The predicted octanol–water partition coefficient (Wildman–Crippen LogP) is 4.11. The first kappa shape index (κ1) is 16.2. The van der Waals surface area contributed by atoms with E-state index in [2.05, 4.69) is 0 Å². The second-order valence-corrected chi connectivity index (χ2v) is 4.92. The zero-order valence-corrected chi connectivity index (χ0v) is 13.0. The second kappa shape index (κ2) is 8.29. The van der Waals surface area contributed by atoms with Crippen molar-refractivity contribution in [2.24, 2.45) is 0 Å². The van der Waals surface area contributed by atoms with Crippen molar-refractivity contribution in [2.45, 2.75) is 13.3 Å². The van der Waals surface area contributed by atoms with Crippen LogP contribution < -0.4 is 14.2 Å². The molecule has 0 saturated carbocycles. The van der Waals surface area contributed by atoms with E-state index in [1.807, 2.05) is 6.92 Å². The van der Waals surface area contributed by atoms with E-state index >= 15 is 0 Å². The van der Waals surface area contributed by atoms with E-state index in [1.165, 1.54) is 0 Å². The van der Waals surface area contributed by atoms with Crippen LogP contribution in [0.25, 0.3) is 0 Å². The molecule has 0 amide bonds. The van der Waals surface area contributed by atoms with Gasteiger partial charge < -0.3 is 14.2 Å². The molecule has 0 spiro atoms. The average molecular weight is 321 g/mol. The van der Waals surface area contributed by atoms with Crippen molar-refractivity contribution >= 4 is 17.6 Å². The molecule has 0 fully saturated rings. The molecule has 0 aliphatic carbocycles. The fourth-order valence-corrected chi connectivity index (χ4v) is 1.87. The maximum absolute atomic E-state index is 11.7. The summed E-state index contributed by atoms with van der Waals surface area (Å²) in [5.41, 5.74) is 0. The molecule has 5 heteroatoms. The molecule has 0 aromatic heterocycles. The highest BCUT2D eigenvalue weighted by molar-refractivity contribution is 6.32. The lowest BCUT2D eigenvalue weighted by atomic mass is 10.3. The van der Waals surface area contributed by atoms with E-state index in [1.54, 1.807) is 48.5 Å². The van der Waals surface area contributed by atoms with Crippen molar-refractivity contribution in [3.05, 3.63) is 53.6 Å². The molecule has 0 aliphatic rings. The standard InChI is InChI=1S/C17H17ClO4/c1-2-11-20-13-7-9-14(10-8-13)22-17(19)12-21-16-6-4-3-5-15(16)18/h3-10H,2,11-12H2,1H3. The molecule has 0 unspecified atom stereocenters. The van der Waals surface area contributed by atoms with Gasteiger partial charge in [0.05, 0.1) is 11.6 Å². The molecule has 2 rings (SSSR count). The molecule has 0 aliphatic heterocycles. The third kappa shape index (κ3) is 4.97. The molecule has 2 aromatic rings.